The van der Waals surface area contributed by atoms with Gasteiger partial charge in [-0.3, -0.25) is 14.2 Å². The van der Waals surface area contributed by atoms with Crippen molar-refractivity contribution in [3.8, 4) is 0 Å². The Labute approximate surface area is 168 Å². The third-order valence-corrected chi connectivity index (χ3v) is 5.54. The molecule has 0 aliphatic carbocycles. The molecule has 1 heterocycles. The van der Waals surface area contributed by atoms with Gasteiger partial charge >= 0.3 is 0 Å². The van der Waals surface area contributed by atoms with Crippen LogP contribution < -0.4 is 5.56 Å². The maximum absolute atomic E-state index is 13.0. The van der Waals surface area contributed by atoms with Gasteiger partial charge in [-0.1, -0.05) is 54.2 Å². The third kappa shape index (κ3) is 4.69. The number of Topliss-reactive ketones (excluding diaryl/α,β-unsaturated/α-hetero) is 1. The first-order chi connectivity index (χ1) is 13.6. The summed E-state index contributed by atoms with van der Waals surface area (Å²) in [6.07, 6.45) is 1.20. The Hall–Kier alpha value is -2.44. The monoisotopic (exact) mass is 396 g/mol. The summed E-state index contributed by atoms with van der Waals surface area (Å²) in [5, 5.41) is 1.27. The smallest absolute Gasteiger partial charge is 0.262 e. The fraction of sp³-hybridized carbons (Fsp3) is 0.318. The highest BCUT2D eigenvalue weighted by Crippen LogP contribution is 2.22. The van der Waals surface area contributed by atoms with Crippen LogP contribution in [0.2, 0.25) is 0 Å². The Bertz CT molecular complexity index is 1000. The molecule has 3 aromatic rings. The van der Waals surface area contributed by atoms with Crippen LogP contribution in [0.15, 0.2) is 64.5 Å². The van der Waals surface area contributed by atoms with E-state index in [1.54, 1.807) is 17.7 Å². The summed E-state index contributed by atoms with van der Waals surface area (Å²) in [5.41, 5.74) is 1.37. The standard InChI is InChI=1S/C22H24N2O3S/c1-16(15-27-2)24-21(26)18-11-6-7-12-19(18)23-22(24)28-14-8-13-20(25)17-9-4-3-5-10-17/h3-7,9-12,16H,8,13-15H2,1-2H3. The largest absolute Gasteiger partial charge is 0.383 e. The van der Waals surface area contributed by atoms with Gasteiger partial charge in [0.25, 0.3) is 5.56 Å². The van der Waals surface area contributed by atoms with Crippen molar-refractivity contribution < 1.29 is 9.53 Å². The Kier molecular flexibility index (Phi) is 7.01. The Balaban J connectivity index is 1.75. The molecule has 28 heavy (non-hydrogen) atoms. The lowest BCUT2D eigenvalue weighted by Crippen LogP contribution is -2.28. The number of hydrogen-bond donors (Lipinski definition) is 0. The van der Waals surface area contributed by atoms with E-state index >= 15 is 0 Å². The molecule has 1 atom stereocenters. The van der Waals surface area contributed by atoms with Crippen molar-refractivity contribution in [3.05, 3.63) is 70.5 Å². The SMILES string of the molecule is COCC(C)n1c(SCCCC(=O)c2ccccc2)nc2ccccc2c1=O. The predicted octanol–water partition coefficient (Wildman–Crippen LogP) is 4.36. The summed E-state index contributed by atoms with van der Waals surface area (Å²) in [7, 11) is 1.62. The highest BCUT2D eigenvalue weighted by molar-refractivity contribution is 7.99. The van der Waals surface area contributed by atoms with E-state index in [4.69, 9.17) is 9.72 Å². The first kappa shape index (κ1) is 20.3. The van der Waals surface area contributed by atoms with Gasteiger partial charge in [0.05, 0.1) is 23.6 Å². The normalized spacial score (nSPS) is 12.2. The van der Waals surface area contributed by atoms with E-state index in [0.29, 0.717) is 34.8 Å². The maximum atomic E-state index is 13.0. The van der Waals surface area contributed by atoms with Crippen LogP contribution in [-0.4, -0.2) is 34.8 Å². The van der Waals surface area contributed by atoms with E-state index in [1.165, 1.54) is 11.8 Å². The van der Waals surface area contributed by atoms with Crippen LogP contribution in [0.4, 0.5) is 0 Å². The van der Waals surface area contributed by atoms with Crippen molar-refractivity contribution in [2.45, 2.75) is 31.0 Å². The number of nitrogens with zero attached hydrogens (tertiary/aromatic N) is 2. The van der Waals surface area contributed by atoms with Gasteiger partial charge in [-0.05, 0) is 25.5 Å². The zero-order valence-corrected chi connectivity index (χ0v) is 16.9. The predicted molar refractivity (Wildman–Crippen MR) is 113 cm³/mol. The van der Waals surface area contributed by atoms with Crippen molar-refractivity contribution in [2.24, 2.45) is 0 Å². The molecule has 146 valence electrons. The van der Waals surface area contributed by atoms with Crippen LogP contribution in [0.25, 0.3) is 10.9 Å². The van der Waals surface area contributed by atoms with E-state index in [-0.39, 0.29) is 17.4 Å². The zero-order chi connectivity index (χ0) is 19.9. The number of benzene rings is 2. The second kappa shape index (κ2) is 9.66. The number of aromatic nitrogens is 2. The molecule has 0 saturated carbocycles. The summed E-state index contributed by atoms with van der Waals surface area (Å²) < 4.78 is 6.95. The lowest BCUT2D eigenvalue weighted by Gasteiger charge is -2.18. The molecule has 0 spiro atoms. The summed E-state index contributed by atoms with van der Waals surface area (Å²) >= 11 is 1.51. The van der Waals surface area contributed by atoms with Crippen LogP contribution in [-0.2, 0) is 4.74 Å². The fourth-order valence-corrected chi connectivity index (χ4v) is 4.13. The van der Waals surface area contributed by atoms with Crippen LogP contribution in [0.1, 0.15) is 36.2 Å². The van der Waals surface area contributed by atoms with E-state index in [0.717, 1.165) is 12.0 Å². The molecular weight excluding hydrogens is 372 g/mol. The second-order valence-corrected chi connectivity index (χ2v) is 7.69. The van der Waals surface area contributed by atoms with Crippen molar-refractivity contribution >= 4 is 28.4 Å². The van der Waals surface area contributed by atoms with Gasteiger partial charge < -0.3 is 4.74 Å². The van der Waals surface area contributed by atoms with Crippen molar-refractivity contribution in [1.29, 1.82) is 0 Å². The number of para-hydroxylation sites is 1. The minimum Gasteiger partial charge on any atom is -0.383 e. The lowest BCUT2D eigenvalue weighted by atomic mass is 10.1. The number of ketones is 1. The molecule has 0 saturated heterocycles. The van der Waals surface area contributed by atoms with Gasteiger partial charge in [0, 0.05) is 24.8 Å². The minimum atomic E-state index is -0.122. The molecule has 1 aromatic heterocycles. The van der Waals surface area contributed by atoms with Crippen LogP contribution in [0, 0.1) is 0 Å². The maximum Gasteiger partial charge on any atom is 0.262 e. The molecule has 1 unspecified atom stereocenters. The number of ether oxygens (including phenoxy) is 1. The number of rotatable bonds is 9. The van der Waals surface area contributed by atoms with Crippen molar-refractivity contribution in [1.82, 2.24) is 9.55 Å². The molecule has 2 aromatic carbocycles. The zero-order valence-electron chi connectivity index (χ0n) is 16.1. The van der Waals surface area contributed by atoms with Crippen LogP contribution in [0.5, 0.6) is 0 Å². The summed E-state index contributed by atoms with van der Waals surface area (Å²) in [6.45, 7) is 2.38. The molecule has 0 bridgehead atoms. The van der Waals surface area contributed by atoms with Gasteiger partial charge in [0.1, 0.15) is 0 Å². The van der Waals surface area contributed by atoms with E-state index in [1.807, 2.05) is 55.5 Å². The van der Waals surface area contributed by atoms with E-state index in [9.17, 15) is 9.59 Å². The second-order valence-electron chi connectivity index (χ2n) is 6.63. The third-order valence-electron chi connectivity index (χ3n) is 4.50. The lowest BCUT2D eigenvalue weighted by molar-refractivity contribution is 0.0982. The Morgan fingerprint density at radius 1 is 1.14 bits per heavy atom. The molecule has 3 rings (SSSR count). The molecule has 0 fully saturated rings. The highest BCUT2D eigenvalue weighted by Gasteiger charge is 2.16. The number of carbonyl (C=O) groups excluding carboxylic acids is 1. The van der Waals surface area contributed by atoms with E-state index in [2.05, 4.69) is 0 Å². The number of carbonyl (C=O) groups is 1. The minimum absolute atomic E-state index is 0.0574. The average Bonchev–Trinajstić information content (AvgIpc) is 2.72. The number of thioether (sulfide) groups is 1. The summed E-state index contributed by atoms with van der Waals surface area (Å²) in [6, 6.07) is 16.6. The van der Waals surface area contributed by atoms with Crippen molar-refractivity contribution in [2.75, 3.05) is 19.5 Å². The summed E-state index contributed by atoms with van der Waals surface area (Å²) in [5.74, 6) is 0.848. The Morgan fingerprint density at radius 3 is 2.61 bits per heavy atom. The quantitative estimate of drug-likeness (QED) is 0.233. The number of methoxy groups -OCH3 is 1. The topological polar surface area (TPSA) is 61.2 Å². The molecule has 0 N–H and O–H groups in total. The summed E-state index contributed by atoms with van der Waals surface area (Å²) in [4.78, 5) is 29.9. The first-order valence-corrected chi connectivity index (χ1v) is 10.3. The van der Waals surface area contributed by atoms with Gasteiger partial charge in [0.15, 0.2) is 10.9 Å². The molecule has 0 radical (unpaired) electrons. The molecule has 5 nitrogen and oxygen atoms in total. The molecule has 6 heteroatoms. The van der Waals surface area contributed by atoms with E-state index < -0.39 is 0 Å². The first-order valence-electron chi connectivity index (χ1n) is 9.33. The molecular formula is C22H24N2O3S. The highest BCUT2D eigenvalue weighted by atomic mass is 32.2. The number of fused-ring (bicyclic) bond motifs is 1. The van der Waals surface area contributed by atoms with Crippen LogP contribution in [0.3, 0.4) is 0 Å². The van der Waals surface area contributed by atoms with Gasteiger partial charge in [0.2, 0.25) is 0 Å². The van der Waals surface area contributed by atoms with Crippen molar-refractivity contribution in [3.63, 3.8) is 0 Å². The molecule has 0 amide bonds. The number of hydrogen-bond acceptors (Lipinski definition) is 5. The average molecular weight is 397 g/mol. The fourth-order valence-electron chi connectivity index (χ4n) is 3.10. The van der Waals surface area contributed by atoms with Gasteiger partial charge in [-0.25, -0.2) is 4.98 Å². The van der Waals surface area contributed by atoms with Crippen LogP contribution >= 0.6 is 11.8 Å². The van der Waals surface area contributed by atoms with Gasteiger partial charge in [-0.2, -0.15) is 0 Å². The molecule has 0 aliphatic rings. The Morgan fingerprint density at radius 2 is 1.86 bits per heavy atom. The molecule has 0 aliphatic heterocycles. The van der Waals surface area contributed by atoms with Gasteiger partial charge in [-0.15, -0.1) is 0 Å².